The van der Waals surface area contributed by atoms with E-state index in [-0.39, 0.29) is 17.1 Å². The molecule has 0 aliphatic heterocycles. The number of halogens is 1. The lowest BCUT2D eigenvalue weighted by molar-refractivity contribution is 0.340. The molecule has 2 aromatic carbocycles. The van der Waals surface area contributed by atoms with E-state index in [9.17, 15) is 12.8 Å². The molecule has 0 N–H and O–H groups in total. The van der Waals surface area contributed by atoms with E-state index >= 15 is 0 Å². The van der Waals surface area contributed by atoms with E-state index in [1.165, 1.54) is 30.3 Å². The van der Waals surface area contributed by atoms with Crippen molar-refractivity contribution in [1.29, 1.82) is 0 Å². The summed E-state index contributed by atoms with van der Waals surface area (Å²) in [6, 6.07) is 11.9. The van der Waals surface area contributed by atoms with Gasteiger partial charge in [-0.15, -0.1) is 0 Å². The minimum Gasteiger partial charge on any atom is -0.494 e. The predicted molar refractivity (Wildman–Crippen MR) is 84.2 cm³/mol. The topological polar surface area (TPSA) is 46.6 Å². The smallest absolute Gasteiger partial charge is 0.264 e. The van der Waals surface area contributed by atoms with Gasteiger partial charge < -0.3 is 4.74 Å². The molecule has 22 heavy (non-hydrogen) atoms. The lowest BCUT2D eigenvalue weighted by Crippen LogP contribution is -2.31. The number of benzene rings is 2. The molecule has 0 fully saturated rings. The zero-order chi connectivity index (χ0) is 16.2. The molecule has 4 nitrogen and oxygen atoms in total. The van der Waals surface area contributed by atoms with Gasteiger partial charge in [0.25, 0.3) is 10.0 Å². The van der Waals surface area contributed by atoms with Gasteiger partial charge in [-0.3, -0.25) is 4.31 Å². The second-order valence-corrected chi connectivity index (χ2v) is 6.39. The Labute approximate surface area is 130 Å². The van der Waals surface area contributed by atoms with Crippen LogP contribution in [0.2, 0.25) is 0 Å². The van der Waals surface area contributed by atoms with E-state index in [1.54, 1.807) is 25.1 Å². The Morgan fingerprint density at radius 3 is 2.23 bits per heavy atom. The van der Waals surface area contributed by atoms with Gasteiger partial charge in [0.1, 0.15) is 11.6 Å². The summed E-state index contributed by atoms with van der Waals surface area (Å²) in [6.07, 6.45) is 0. The van der Waals surface area contributed by atoms with Gasteiger partial charge in [0.2, 0.25) is 0 Å². The van der Waals surface area contributed by atoms with Gasteiger partial charge in [0.05, 0.1) is 17.2 Å². The maximum absolute atomic E-state index is 13.9. The van der Waals surface area contributed by atoms with Crippen LogP contribution >= 0.6 is 0 Å². The summed E-state index contributed by atoms with van der Waals surface area (Å²) in [7, 11) is -3.82. The zero-order valence-corrected chi connectivity index (χ0v) is 13.3. The first-order valence-electron chi connectivity index (χ1n) is 7.00. The van der Waals surface area contributed by atoms with E-state index in [0.717, 1.165) is 4.31 Å². The molecule has 118 valence electrons. The molecule has 0 heterocycles. The molecular formula is C16H18FNO3S. The van der Waals surface area contributed by atoms with Crippen LogP contribution in [0.5, 0.6) is 5.75 Å². The molecule has 0 spiro atoms. The summed E-state index contributed by atoms with van der Waals surface area (Å²) in [4.78, 5) is 0.0982. The van der Waals surface area contributed by atoms with Crippen molar-refractivity contribution in [2.45, 2.75) is 18.7 Å². The standard InChI is InChI=1S/C16H18FNO3S/c1-3-18(16-8-6-5-7-15(16)17)22(19,20)14-11-9-13(10-12-14)21-4-2/h5-12H,3-4H2,1-2H3. The molecule has 0 aromatic heterocycles. The van der Waals surface area contributed by atoms with Crippen molar-refractivity contribution in [3.63, 3.8) is 0 Å². The Balaban J connectivity index is 2.41. The average molecular weight is 323 g/mol. The quantitative estimate of drug-likeness (QED) is 0.818. The van der Waals surface area contributed by atoms with Crippen LogP contribution in [0, 0.1) is 5.82 Å². The highest BCUT2D eigenvalue weighted by atomic mass is 32.2. The Kier molecular flexibility index (Phi) is 5.03. The van der Waals surface area contributed by atoms with E-state index in [4.69, 9.17) is 4.74 Å². The lowest BCUT2D eigenvalue weighted by Gasteiger charge is -2.23. The van der Waals surface area contributed by atoms with Crippen molar-refractivity contribution in [2.75, 3.05) is 17.5 Å². The van der Waals surface area contributed by atoms with Crippen LogP contribution in [0.1, 0.15) is 13.8 Å². The first-order chi connectivity index (χ1) is 10.5. The number of hydrogen-bond donors (Lipinski definition) is 0. The monoisotopic (exact) mass is 323 g/mol. The van der Waals surface area contributed by atoms with Crippen molar-refractivity contribution >= 4 is 15.7 Å². The van der Waals surface area contributed by atoms with Gasteiger partial charge in [-0.1, -0.05) is 12.1 Å². The Morgan fingerprint density at radius 2 is 1.68 bits per heavy atom. The fraction of sp³-hybridized carbons (Fsp3) is 0.250. The lowest BCUT2D eigenvalue weighted by atomic mass is 10.3. The first-order valence-corrected chi connectivity index (χ1v) is 8.44. The van der Waals surface area contributed by atoms with Crippen molar-refractivity contribution in [2.24, 2.45) is 0 Å². The van der Waals surface area contributed by atoms with Crippen LogP contribution in [0.4, 0.5) is 10.1 Å². The third-order valence-corrected chi connectivity index (χ3v) is 5.03. The molecule has 2 aromatic rings. The Hall–Kier alpha value is -2.08. The number of para-hydroxylation sites is 1. The van der Waals surface area contributed by atoms with E-state index in [2.05, 4.69) is 0 Å². The predicted octanol–water partition coefficient (Wildman–Crippen LogP) is 3.44. The van der Waals surface area contributed by atoms with Gasteiger partial charge in [-0.05, 0) is 50.2 Å². The van der Waals surface area contributed by atoms with E-state index in [0.29, 0.717) is 12.4 Å². The molecule has 0 bridgehead atoms. The van der Waals surface area contributed by atoms with Gasteiger partial charge in [-0.25, -0.2) is 12.8 Å². The van der Waals surface area contributed by atoms with Gasteiger partial charge in [0.15, 0.2) is 0 Å². The molecule has 0 aliphatic rings. The Bertz CT molecular complexity index is 729. The minimum atomic E-state index is -3.82. The molecule has 2 rings (SSSR count). The molecule has 0 amide bonds. The van der Waals surface area contributed by atoms with Crippen molar-refractivity contribution < 1.29 is 17.5 Å². The summed E-state index contributed by atoms with van der Waals surface area (Å²) < 4.78 is 45.7. The number of ether oxygens (including phenoxy) is 1. The summed E-state index contributed by atoms with van der Waals surface area (Å²) in [5, 5.41) is 0. The zero-order valence-electron chi connectivity index (χ0n) is 12.5. The van der Waals surface area contributed by atoms with Crippen LogP contribution < -0.4 is 9.04 Å². The second-order valence-electron chi connectivity index (χ2n) is 4.53. The van der Waals surface area contributed by atoms with E-state index in [1.807, 2.05) is 6.92 Å². The third-order valence-electron chi connectivity index (χ3n) is 3.13. The fourth-order valence-electron chi connectivity index (χ4n) is 2.13. The number of hydrogen-bond acceptors (Lipinski definition) is 3. The molecule has 0 saturated heterocycles. The molecule has 6 heteroatoms. The summed E-state index contributed by atoms with van der Waals surface area (Å²) in [5.74, 6) is 0.0225. The number of sulfonamides is 1. The summed E-state index contributed by atoms with van der Waals surface area (Å²) in [6.45, 7) is 4.15. The molecule has 0 unspecified atom stereocenters. The van der Waals surface area contributed by atoms with Gasteiger partial charge >= 0.3 is 0 Å². The van der Waals surface area contributed by atoms with Crippen LogP contribution in [-0.2, 0) is 10.0 Å². The first kappa shape index (κ1) is 16.3. The maximum Gasteiger partial charge on any atom is 0.264 e. The number of nitrogens with zero attached hydrogens (tertiary/aromatic N) is 1. The second kappa shape index (κ2) is 6.79. The van der Waals surface area contributed by atoms with Crippen molar-refractivity contribution in [3.8, 4) is 5.75 Å². The summed E-state index contributed by atoms with van der Waals surface area (Å²) in [5.41, 5.74) is 0.0406. The molecule has 0 aliphatic carbocycles. The van der Waals surface area contributed by atoms with Crippen LogP contribution in [0.15, 0.2) is 53.4 Å². The fourth-order valence-corrected chi connectivity index (χ4v) is 3.61. The average Bonchev–Trinajstić information content (AvgIpc) is 2.50. The largest absolute Gasteiger partial charge is 0.494 e. The maximum atomic E-state index is 13.9. The van der Waals surface area contributed by atoms with Crippen LogP contribution in [-0.4, -0.2) is 21.6 Å². The highest BCUT2D eigenvalue weighted by Gasteiger charge is 2.25. The molecule has 0 saturated carbocycles. The Morgan fingerprint density at radius 1 is 1.05 bits per heavy atom. The van der Waals surface area contributed by atoms with E-state index < -0.39 is 15.8 Å². The van der Waals surface area contributed by atoms with Crippen molar-refractivity contribution in [3.05, 3.63) is 54.3 Å². The minimum absolute atomic E-state index is 0.0406. The van der Waals surface area contributed by atoms with Gasteiger partial charge in [0, 0.05) is 6.54 Å². The normalized spacial score (nSPS) is 11.2. The van der Waals surface area contributed by atoms with Crippen LogP contribution in [0.3, 0.4) is 0 Å². The van der Waals surface area contributed by atoms with Crippen molar-refractivity contribution in [1.82, 2.24) is 0 Å². The van der Waals surface area contributed by atoms with Gasteiger partial charge in [-0.2, -0.15) is 0 Å². The SMILES string of the molecule is CCOc1ccc(S(=O)(=O)N(CC)c2ccccc2F)cc1. The number of rotatable bonds is 6. The molecule has 0 radical (unpaired) electrons. The third kappa shape index (κ3) is 3.22. The molecular weight excluding hydrogens is 305 g/mol. The molecule has 0 atom stereocenters. The van der Waals surface area contributed by atoms with Crippen LogP contribution in [0.25, 0.3) is 0 Å². The number of anilines is 1. The highest BCUT2D eigenvalue weighted by Crippen LogP contribution is 2.26. The summed E-state index contributed by atoms with van der Waals surface area (Å²) >= 11 is 0. The highest BCUT2D eigenvalue weighted by molar-refractivity contribution is 7.92.